The first-order valence-corrected chi connectivity index (χ1v) is 15.8. The zero-order chi connectivity index (χ0) is 34.5. The Labute approximate surface area is 276 Å². The number of rotatable bonds is 8. The molecule has 15 heteroatoms. The predicted octanol–water partition coefficient (Wildman–Crippen LogP) is 3.77. The molecular weight excluding hydrogens is 627 g/mol. The number of nitrogens with zero attached hydrogens (tertiary/aromatic N) is 6. The van der Waals surface area contributed by atoms with Crippen LogP contribution in [-0.4, -0.2) is 114 Å². The Morgan fingerprint density at radius 3 is 2.48 bits per heavy atom. The Bertz CT molecular complexity index is 1780. The van der Waals surface area contributed by atoms with Gasteiger partial charge in [-0.1, -0.05) is 13.0 Å². The van der Waals surface area contributed by atoms with E-state index in [4.69, 9.17) is 23.6 Å². The number of likely N-dealkylation sites (N-methyl/N-ethyl adjacent to an activating group) is 2. The third kappa shape index (κ3) is 5.65. The fourth-order valence-electron chi connectivity index (χ4n) is 6.37. The molecule has 256 valence electrons. The molecule has 0 N–H and O–H groups in total. The first-order valence-electron chi connectivity index (χ1n) is 15.8. The summed E-state index contributed by atoms with van der Waals surface area (Å²) in [5.74, 6) is -1.62. The van der Waals surface area contributed by atoms with Crippen LogP contribution in [0.2, 0.25) is 0 Å². The normalized spacial score (nSPS) is 20.3. The van der Waals surface area contributed by atoms with E-state index in [0.717, 1.165) is 48.3 Å². The summed E-state index contributed by atoms with van der Waals surface area (Å²) in [4.78, 5) is 66.7. The van der Waals surface area contributed by atoms with Crippen molar-refractivity contribution < 1.29 is 42.2 Å². The number of furan rings is 1. The smallest absolute Gasteiger partial charge is 0.494 e. The highest BCUT2D eigenvalue weighted by atomic mass is 19.1. The van der Waals surface area contributed by atoms with Crippen LogP contribution in [0.15, 0.2) is 34.7 Å². The van der Waals surface area contributed by atoms with Crippen molar-refractivity contribution in [3.8, 4) is 5.75 Å². The number of hydrogen-bond donors (Lipinski definition) is 0. The van der Waals surface area contributed by atoms with E-state index in [2.05, 4.69) is 16.7 Å². The largest absolute Gasteiger partial charge is 0.510 e. The Morgan fingerprint density at radius 1 is 1.08 bits per heavy atom. The van der Waals surface area contributed by atoms with Crippen LogP contribution < -0.4 is 9.64 Å². The molecule has 3 aliphatic rings. The van der Waals surface area contributed by atoms with Crippen molar-refractivity contribution >= 4 is 40.9 Å². The minimum atomic E-state index is -1.92. The summed E-state index contributed by atoms with van der Waals surface area (Å²) in [5, 5.41) is 0. The van der Waals surface area contributed by atoms with E-state index in [0.29, 0.717) is 16.7 Å². The average Bonchev–Trinajstić information content (AvgIpc) is 3.67. The van der Waals surface area contributed by atoms with E-state index >= 15 is 4.39 Å². The molecule has 1 aromatic carbocycles. The van der Waals surface area contributed by atoms with Gasteiger partial charge in [0.05, 0.1) is 19.2 Å². The molecule has 0 spiro atoms. The maximum atomic E-state index is 15.3. The number of fused-ring (bicyclic) bond motifs is 2. The van der Waals surface area contributed by atoms with E-state index < -0.39 is 54.2 Å². The van der Waals surface area contributed by atoms with Gasteiger partial charge in [0, 0.05) is 45.8 Å². The summed E-state index contributed by atoms with van der Waals surface area (Å²) in [7, 11) is 2.69. The SMILES string of the molecule is CCN1CCN(c2ccc3oc([C@@]4(CN5Cc6ccc(OC)c(F)c6C5=O)C(=O)N(COC(=O)OC(C)(C)C)C(=O)N4C)cc3n2)CC1. The lowest BCUT2D eigenvalue weighted by Crippen LogP contribution is -2.53. The van der Waals surface area contributed by atoms with Crippen molar-refractivity contribution in [1.29, 1.82) is 0 Å². The van der Waals surface area contributed by atoms with Gasteiger partial charge in [-0.2, -0.15) is 0 Å². The van der Waals surface area contributed by atoms with E-state index in [-0.39, 0.29) is 23.6 Å². The number of piperazine rings is 1. The van der Waals surface area contributed by atoms with E-state index in [1.807, 2.05) is 6.07 Å². The molecule has 2 fully saturated rings. The topological polar surface area (TPSA) is 138 Å². The number of urea groups is 1. The second-order valence-corrected chi connectivity index (χ2v) is 13.0. The number of benzene rings is 1. The number of hydrogen-bond acceptors (Lipinski definition) is 11. The Hall–Kier alpha value is -4.92. The van der Waals surface area contributed by atoms with Gasteiger partial charge in [-0.05, 0) is 51.1 Å². The van der Waals surface area contributed by atoms with Crippen LogP contribution in [0.5, 0.6) is 5.75 Å². The van der Waals surface area contributed by atoms with Crippen molar-refractivity contribution in [3.05, 3.63) is 53.0 Å². The van der Waals surface area contributed by atoms with Gasteiger partial charge in [0.2, 0.25) is 0 Å². The molecule has 0 saturated carbocycles. The molecule has 1 atom stereocenters. The summed E-state index contributed by atoms with van der Waals surface area (Å²) in [6.07, 6.45) is -1.07. The second kappa shape index (κ2) is 12.3. The molecule has 0 bridgehead atoms. The number of halogens is 1. The van der Waals surface area contributed by atoms with Crippen LogP contribution in [-0.2, 0) is 26.4 Å². The number of aromatic nitrogens is 1. The monoisotopic (exact) mass is 666 g/mol. The average molecular weight is 667 g/mol. The predicted molar refractivity (Wildman–Crippen MR) is 170 cm³/mol. The van der Waals surface area contributed by atoms with Gasteiger partial charge >= 0.3 is 12.2 Å². The van der Waals surface area contributed by atoms with Crippen LogP contribution in [0.1, 0.15) is 49.4 Å². The zero-order valence-electron chi connectivity index (χ0n) is 27.9. The number of carbonyl (C=O) groups excluding carboxylic acids is 4. The molecule has 3 aliphatic heterocycles. The molecular formula is C33H39FN6O8. The highest BCUT2D eigenvalue weighted by Gasteiger charge is 2.61. The molecule has 6 rings (SSSR count). The van der Waals surface area contributed by atoms with Crippen LogP contribution >= 0.6 is 0 Å². The van der Waals surface area contributed by atoms with Gasteiger partial charge in [0.15, 0.2) is 29.4 Å². The summed E-state index contributed by atoms with van der Waals surface area (Å²) < 4.78 is 36.9. The summed E-state index contributed by atoms with van der Waals surface area (Å²) in [6, 6.07) is 7.39. The number of pyridine rings is 1. The highest BCUT2D eigenvalue weighted by molar-refractivity contribution is 6.08. The third-order valence-corrected chi connectivity index (χ3v) is 9.00. The Kier molecular flexibility index (Phi) is 8.43. The number of amides is 4. The van der Waals surface area contributed by atoms with Crippen molar-refractivity contribution in [3.63, 3.8) is 0 Å². The summed E-state index contributed by atoms with van der Waals surface area (Å²) in [6.45, 7) is 10.3. The Morgan fingerprint density at radius 2 is 1.81 bits per heavy atom. The molecule has 4 amide bonds. The van der Waals surface area contributed by atoms with Crippen molar-refractivity contribution in [2.45, 2.75) is 45.4 Å². The maximum Gasteiger partial charge on any atom is 0.510 e. The molecule has 0 aliphatic carbocycles. The molecule has 3 aromatic rings. The highest BCUT2D eigenvalue weighted by Crippen LogP contribution is 2.42. The molecule has 5 heterocycles. The zero-order valence-corrected chi connectivity index (χ0v) is 27.9. The quantitative estimate of drug-likeness (QED) is 0.257. The van der Waals surface area contributed by atoms with Gasteiger partial charge < -0.3 is 38.2 Å². The fraction of sp³-hybridized carbons (Fsp3) is 0.485. The number of imide groups is 1. The van der Waals surface area contributed by atoms with Crippen molar-refractivity contribution in [2.75, 3.05) is 65.1 Å². The molecule has 0 radical (unpaired) electrons. The first-order chi connectivity index (χ1) is 22.8. The number of anilines is 1. The second-order valence-electron chi connectivity index (χ2n) is 13.0. The first kappa shape index (κ1) is 33.0. The van der Waals surface area contributed by atoms with Crippen LogP contribution in [0.25, 0.3) is 11.1 Å². The number of ether oxygens (including phenoxy) is 3. The molecule has 14 nitrogen and oxygen atoms in total. The summed E-state index contributed by atoms with van der Waals surface area (Å²) in [5.41, 5.74) is -1.75. The lowest BCUT2D eigenvalue weighted by atomic mass is 9.93. The molecule has 48 heavy (non-hydrogen) atoms. The standard InChI is InChI=1S/C33H39FN6O8/c1-7-37-12-14-38(15-13-37)25-11-10-22-21(35-25)16-24(47-22)33(18-39-17-20-8-9-23(45-6)27(34)26(20)28(39)41)29(42)40(30(43)36(33)5)19-46-31(44)48-32(2,3)4/h8-11,16H,7,12-15,17-19H2,1-6H3/t33-/m0/s1. The van der Waals surface area contributed by atoms with Crippen LogP contribution in [0.4, 0.5) is 19.8 Å². The molecule has 2 saturated heterocycles. The van der Waals surface area contributed by atoms with Gasteiger partial charge in [0.1, 0.15) is 22.7 Å². The Balaban J connectivity index is 1.37. The minimum absolute atomic E-state index is 0.0348. The van der Waals surface area contributed by atoms with Gasteiger partial charge in [0.25, 0.3) is 11.8 Å². The van der Waals surface area contributed by atoms with Gasteiger partial charge in [-0.25, -0.2) is 23.9 Å². The number of methoxy groups -OCH3 is 1. The van der Waals surface area contributed by atoms with Crippen LogP contribution in [0, 0.1) is 5.82 Å². The van der Waals surface area contributed by atoms with Crippen molar-refractivity contribution in [1.82, 2.24) is 24.6 Å². The van der Waals surface area contributed by atoms with E-state index in [1.165, 1.54) is 25.1 Å². The van der Waals surface area contributed by atoms with E-state index in [9.17, 15) is 19.2 Å². The fourth-order valence-corrected chi connectivity index (χ4v) is 6.37. The summed E-state index contributed by atoms with van der Waals surface area (Å²) >= 11 is 0. The van der Waals surface area contributed by atoms with Crippen LogP contribution in [0.3, 0.4) is 0 Å². The lowest BCUT2D eigenvalue weighted by Gasteiger charge is -2.34. The third-order valence-electron chi connectivity index (χ3n) is 9.00. The minimum Gasteiger partial charge on any atom is -0.494 e. The van der Waals surface area contributed by atoms with E-state index in [1.54, 1.807) is 39.0 Å². The molecule has 0 unspecified atom stereocenters. The van der Waals surface area contributed by atoms with Crippen molar-refractivity contribution in [2.24, 2.45) is 0 Å². The lowest BCUT2D eigenvalue weighted by molar-refractivity contribution is -0.137. The number of carbonyl (C=O) groups is 4. The van der Waals surface area contributed by atoms with Gasteiger partial charge in [-0.3, -0.25) is 9.59 Å². The maximum absolute atomic E-state index is 15.3. The van der Waals surface area contributed by atoms with Gasteiger partial charge in [-0.15, -0.1) is 0 Å². The molecule has 2 aromatic heterocycles.